The summed E-state index contributed by atoms with van der Waals surface area (Å²) in [6.07, 6.45) is 0.953. The molecular weight excluding hydrogens is 280 g/mol. The van der Waals surface area contributed by atoms with E-state index in [2.05, 4.69) is 15.7 Å². The van der Waals surface area contributed by atoms with Gasteiger partial charge in [-0.1, -0.05) is 17.7 Å². The first-order valence-electron chi connectivity index (χ1n) is 6.13. The van der Waals surface area contributed by atoms with Gasteiger partial charge in [-0.2, -0.15) is 0 Å². The predicted octanol–water partition coefficient (Wildman–Crippen LogP) is 3.45. The quantitative estimate of drug-likeness (QED) is 0.829. The van der Waals surface area contributed by atoms with Crippen LogP contribution in [0.25, 0.3) is 0 Å². The van der Waals surface area contributed by atoms with Crippen LogP contribution in [0.15, 0.2) is 23.6 Å². The third-order valence-corrected chi connectivity index (χ3v) is 3.89. The van der Waals surface area contributed by atoms with E-state index in [0.717, 1.165) is 35.8 Å². The summed E-state index contributed by atoms with van der Waals surface area (Å²) in [6, 6.07) is 5.84. The summed E-state index contributed by atoms with van der Waals surface area (Å²) < 4.78 is 5.13. The van der Waals surface area contributed by atoms with E-state index in [9.17, 15) is 0 Å². The first-order valence-corrected chi connectivity index (χ1v) is 7.39. The van der Waals surface area contributed by atoms with Crippen LogP contribution in [-0.2, 0) is 13.0 Å². The number of ether oxygens (including phenoxy) is 1. The van der Waals surface area contributed by atoms with Gasteiger partial charge in [0.1, 0.15) is 5.75 Å². The molecule has 1 heterocycles. The highest BCUT2D eigenvalue weighted by atomic mass is 35.5. The second-order valence-corrected chi connectivity index (χ2v) is 5.72. The maximum absolute atomic E-state index is 6.08. The highest BCUT2D eigenvalue weighted by molar-refractivity contribution is 7.09. The third-order valence-electron chi connectivity index (χ3n) is 2.77. The number of thiazole rings is 1. The first-order chi connectivity index (χ1) is 9.19. The van der Waals surface area contributed by atoms with Crippen molar-refractivity contribution in [2.75, 3.05) is 13.7 Å². The molecule has 0 atom stereocenters. The SMILES string of the molecule is COc1ccc(CNCCc2csc(C)n2)cc1Cl. The zero-order chi connectivity index (χ0) is 13.7. The molecule has 102 valence electrons. The summed E-state index contributed by atoms with van der Waals surface area (Å²) in [7, 11) is 1.62. The highest BCUT2D eigenvalue weighted by Gasteiger charge is 2.02. The number of aryl methyl sites for hydroxylation is 1. The minimum atomic E-state index is 0.650. The number of methoxy groups -OCH3 is 1. The molecular formula is C14H17ClN2OS. The van der Waals surface area contributed by atoms with Gasteiger partial charge in [-0.15, -0.1) is 11.3 Å². The number of hydrogen-bond donors (Lipinski definition) is 1. The van der Waals surface area contributed by atoms with Crippen molar-refractivity contribution >= 4 is 22.9 Å². The Morgan fingerprint density at radius 3 is 2.89 bits per heavy atom. The molecule has 5 heteroatoms. The fourth-order valence-corrected chi connectivity index (χ4v) is 2.72. The molecule has 0 aliphatic rings. The predicted molar refractivity (Wildman–Crippen MR) is 80.3 cm³/mol. The summed E-state index contributed by atoms with van der Waals surface area (Å²) in [5.41, 5.74) is 2.31. The Bertz CT molecular complexity index is 542. The van der Waals surface area contributed by atoms with Crippen molar-refractivity contribution in [3.63, 3.8) is 0 Å². The van der Waals surface area contributed by atoms with Gasteiger partial charge in [0.2, 0.25) is 0 Å². The van der Waals surface area contributed by atoms with Crippen molar-refractivity contribution in [2.24, 2.45) is 0 Å². The minimum Gasteiger partial charge on any atom is -0.495 e. The Kier molecular flexibility index (Phi) is 5.19. The van der Waals surface area contributed by atoms with Crippen LogP contribution >= 0.6 is 22.9 Å². The van der Waals surface area contributed by atoms with Crippen LogP contribution in [0.2, 0.25) is 5.02 Å². The van der Waals surface area contributed by atoms with Crippen LogP contribution in [0.3, 0.4) is 0 Å². The normalized spacial score (nSPS) is 10.7. The Hall–Kier alpha value is -1.10. The Morgan fingerprint density at radius 2 is 2.26 bits per heavy atom. The number of halogens is 1. The van der Waals surface area contributed by atoms with Gasteiger partial charge < -0.3 is 10.1 Å². The number of hydrogen-bond acceptors (Lipinski definition) is 4. The van der Waals surface area contributed by atoms with E-state index in [1.54, 1.807) is 18.4 Å². The summed E-state index contributed by atoms with van der Waals surface area (Å²) in [6.45, 7) is 3.74. The molecule has 1 aromatic heterocycles. The maximum atomic E-state index is 6.08. The Morgan fingerprint density at radius 1 is 1.42 bits per heavy atom. The molecule has 2 rings (SSSR count). The molecule has 0 saturated heterocycles. The van der Waals surface area contributed by atoms with Gasteiger partial charge in [-0.25, -0.2) is 4.98 Å². The van der Waals surface area contributed by atoms with Gasteiger partial charge in [0, 0.05) is 24.9 Å². The molecule has 0 aliphatic heterocycles. The lowest BCUT2D eigenvalue weighted by atomic mass is 10.2. The molecule has 0 radical (unpaired) electrons. The van der Waals surface area contributed by atoms with Crippen molar-refractivity contribution < 1.29 is 4.74 Å². The molecule has 0 bridgehead atoms. The molecule has 0 unspecified atom stereocenters. The van der Waals surface area contributed by atoms with Crippen LogP contribution in [0.5, 0.6) is 5.75 Å². The largest absolute Gasteiger partial charge is 0.495 e. The number of nitrogens with one attached hydrogen (secondary N) is 1. The fraction of sp³-hybridized carbons (Fsp3) is 0.357. The second kappa shape index (κ2) is 6.89. The van der Waals surface area contributed by atoms with E-state index in [-0.39, 0.29) is 0 Å². The number of benzene rings is 1. The number of nitrogens with zero attached hydrogens (tertiary/aromatic N) is 1. The van der Waals surface area contributed by atoms with Crippen LogP contribution in [0.4, 0.5) is 0 Å². The van der Waals surface area contributed by atoms with Gasteiger partial charge >= 0.3 is 0 Å². The average Bonchev–Trinajstić information content (AvgIpc) is 2.81. The van der Waals surface area contributed by atoms with E-state index in [0.29, 0.717) is 10.8 Å². The Balaban J connectivity index is 1.78. The fourth-order valence-electron chi connectivity index (χ4n) is 1.79. The molecule has 3 nitrogen and oxygen atoms in total. The molecule has 0 fully saturated rings. The third kappa shape index (κ3) is 4.20. The van der Waals surface area contributed by atoms with Gasteiger partial charge in [-0.05, 0) is 24.6 Å². The van der Waals surface area contributed by atoms with E-state index in [1.165, 1.54) is 0 Å². The van der Waals surface area contributed by atoms with Gasteiger partial charge in [0.25, 0.3) is 0 Å². The average molecular weight is 297 g/mol. The Labute approximate surface area is 122 Å². The standard InChI is InChI=1S/C14H17ClN2OS/c1-10-17-12(9-19-10)5-6-16-8-11-3-4-14(18-2)13(15)7-11/h3-4,7,9,16H,5-6,8H2,1-2H3. The molecule has 1 aromatic carbocycles. The topological polar surface area (TPSA) is 34.1 Å². The van der Waals surface area contributed by atoms with Crippen molar-refractivity contribution in [2.45, 2.75) is 19.9 Å². The molecule has 19 heavy (non-hydrogen) atoms. The lowest BCUT2D eigenvalue weighted by Gasteiger charge is -2.07. The van der Waals surface area contributed by atoms with Crippen LogP contribution < -0.4 is 10.1 Å². The second-order valence-electron chi connectivity index (χ2n) is 4.25. The summed E-state index contributed by atoms with van der Waals surface area (Å²) in [5.74, 6) is 0.711. The summed E-state index contributed by atoms with van der Waals surface area (Å²) in [5, 5.41) is 7.27. The number of aromatic nitrogens is 1. The number of rotatable bonds is 6. The van der Waals surface area contributed by atoms with Gasteiger partial charge in [-0.3, -0.25) is 0 Å². The zero-order valence-electron chi connectivity index (χ0n) is 11.1. The minimum absolute atomic E-state index is 0.650. The van der Waals surface area contributed by atoms with Crippen molar-refractivity contribution in [1.82, 2.24) is 10.3 Å². The molecule has 1 N–H and O–H groups in total. The smallest absolute Gasteiger partial charge is 0.137 e. The van der Waals surface area contributed by atoms with Crippen molar-refractivity contribution in [3.8, 4) is 5.75 Å². The first kappa shape index (κ1) is 14.3. The van der Waals surface area contributed by atoms with Crippen LogP contribution in [-0.4, -0.2) is 18.6 Å². The summed E-state index contributed by atoms with van der Waals surface area (Å²) >= 11 is 7.77. The van der Waals surface area contributed by atoms with E-state index >= 15 is 0 Å². The highest BCUT2D eigenvalue weighted by Crippen LogP contribution is 2.24. The lowest BCUT2D eigenvalue weighted by Crippen LogP contribution is -2.16. The van der Waals surface area contributed by atoms with Crippen molar-refractivity contribution in [1.29, 1.82) is 0 Å². The zero-order valence-corrected chi connectivity index (χ0v) is 12.6. The van der Waals surface area contributed by atoms with E-state index in [4.69, 9.17) is 16.3 Å². The molecule has 0 aliphatic carbocycles. The lowest BCUT2D eigenvalue weighted by molar-refractivity contribution is 0.415. The maximum Gasteiger partial charge on any atom is 0.137 e. The summed E-state index contributed by atoms with van der Waals surface area (Å²) in [4.78, 5) is 4.43. The van der Waals surface area contributed by atoms with Crippen LogP contribution in [0, 0.1) is 6.92 Å². The monoisotopic (exact) mass is 296 g/mol. The molecule has 0 saturated carbocycles. The van der Waals surface area contributed by atoms with Gasteiger partial charge in [0.05, 0.1) is 22.8 Å². The van der Waals surface area contributed by atoms with E-state index in [1.807, 2.05) is 25.1 Å². The molecule has 0 amide bonds. The molecule has 0 spiro atoms. The van der Waals surface area contributed by atoms with Gasteiger partial charge in [0.15, 0.2) is 0 Å². The van der Waals surface area contributed by atoms with Crippen molar-refractivity contribution in [3.05, 3.63) is 44.9 Å². The van der Waals surface area contributed by atoms with Crippen LogP contribution in [0.1, 0.15) is 16.3 Å². The molecule has 2 aromatic rings. The van der Waals surface area contributed by atoms with E-state index < -0.39 is 0 Å².